The number of nitrogens with zero attached hydrogens (tertiary/aromatic N) is 4. The molecule has 0 radical (unpaired) electrons. The van der Waals surface area contributed by atoms with Gasteiger partial charge in [-0.25, -0.2) is 15.0 Å². The Morgan fingerprint density at radius 2 is 2.11 bits per heavy atom. The Balaban J connectivity index is 2.36. The highest BCUT2D eigenvalue weighted by molar-refractivity contribution is 7.18. The van der Waals surface area contributed by atoms with E-state index >= 15 is 0 Å². The van der Waals surface area contributed by atoms with Gasteiger partial charge in [0.05, 0.1) is 11.9 Å². The summed E-state index contributed by atoms with van der Waals surface area (Å²) in [4.78, 5) is 15.2. The fraction of sp³-hybridized carbons (Fsp3) is 0.250. The van der Waals surface area contributed by atoms with Crippen molar-refractivity contribution in [2.75, 3.05) is 0 Å². The number of rotatable bonds is 2. The van der Waals surface area contributed by atoms with Crippen LogP contribution in [0.1, 0.15) is 16.3 Å². The Morgan fingerprint density at radius 1 is 1.28 bits per heavy atom. The number of aryl methyl sites for hydroxylation is 2. The van der Waals surface area contributed by atoms with E-state index in [9.17, 15) is 0 Å². The molecule has 0 unspecified atom stereocenters. The third kappa shape index (κ3) is 1.53. The largest absolute Gasteiger partial charge is 0.324 e. The maximum absolute atomic E-state index is 5.70. The Hall–Kier alpha value is -1.79. The fourth-order valence-electron chi connectivity index (χ4n) is 2.02. The molecule has 3 heterocycles. The van der Waals surface area contributed by atoms with Crippen LogP contribution in [0.2, 0.25) is 0 Å². The predicted molar refractivity (Wildman–Crippen MR) is 71.9 cm³/mol. The van der Waals surface area contributed by atoms with Gasteiger partial charge in [-0.2, -0.15) is 0 Å². The molecule has 0 fully saturated rings. The van der Waals surface area contributed by atoms with Gasteiger partial charge in [0.15, 0.2) is 5.82 Å². The van der Waals surface area contributed by atoms with E-state index in [1.54, 1.807) is 23.9 Å². The van der Waals surface area contributed by atoms with Crippen molar-refractivity contribution in [3.05, 3.63) is 35.0 Å². The van der Waals surface area contributed by atoms with Crippen LogP contribution in [0.4, 0.5) is 0 Å². The van der Waals surface area contributed by atoms with E-state index in [1.165, 1.54) is 10.4 Å². The van der Waals surface area contributed by atoms with Gasteiger partial charge in [-0.1, -0.05) is 0 Å². The second kappa shape index (κ2) is 4.15. The van der Waals surface area contributed by atoms with Crippen LogP contribution in [0.3, 0.4) is 0 Å². The minimum absolute atomic E-state index is 0.390. The number of hydrogen-bond donors (Lipinski definition) is 1. The first kappa shape index (κ1) is 11.3. The van der Waals surface area contributed by atoms with Gasteiger partial charge in [-0.05, 0) is 19.4 Å². The van der Waals surface area contributed by atoms with Gasteiger partial charge in [0, 0.05) is 17.3 Å². The van der Waals surface area contributed by atoms with Crippen LogP contribution in [-0.2, 0) is 6.54 Å². The van der Waals surface area contributed by atoms with Crippen LogP contribution in [0.15, 0.2) is 18.7 Å². The molecule has 0 aliphatic rings. The predicted octanol–water partition coefficient (Wildman–Crippen LogP) is 1.95. The first-order valence-corrected chi connectivity index (χ1v) is 6.47. The van der Waals surface area contributed by atoms with Crippen LogP contribution in [0.25, 0.3) is 16.0 Å². The molecule has 0 atom stereocenters. The third-order valence-electron chi connectivity index (χ3n) is 3.07. The van der Waals surface area contributed by atoms with Crippen molar-refractivity contribution in [3.63, 3.8) is 0 Å². The van der Waals surface area contributed by atoms with E-state index in [0.29, 0.717) is 6.54 Å². The van der Waals surface area contributed by atoms with E-state index in [1.807, 2.05) is 10.8 Å². The maximum Gasteiger partial charge on any atom is 0.150 e. The normalized spacial score (nSPS) is 11.3. The molecule has 3 aromatic rings. The van der Waals surface area contributed by atoms with E-state index in [2.05, 4.69) is 28.8 Å². The van der Waals surface area contributed by atoms with Gasteiger partial charge in [0.25, 0.3) is 0 Å². The molecule has 0 aliphatic heterocycles. The van der Waals surface area contributed by atoms with E-state index in [-0.39, 0.29) is 0 Å². The smallest absolute Gasteiger partial charge is 0.150 e. The lowest BCUT2D eigenvalue weighted by Gasteiger charge is -2.07. The number of thiophene rings is 1. The number of aromatic nitrogens is 4. The highest BCUT2D eigenvalue weighted by Crippen LogP contribution is 2.31. The Bertz CT molecular complexity index is 712. The molecule has 0 aromatic carbocycles. The molecule has 5 nitrogen and oxygen atoms in total. The van der Waals surface area contributed by atoms with Crippen LogP contribution in [-0.4, -0.2) is 19.5 Å². The Morgan fingerprint density at radius 3 is 2.89 bits per heavy atom. The standard InChI is InChI=1S/C12H13N5S/c1-7-8(2)18-12-10(7)11(15-6-16-12)17-4-3-14-9(17)5-13/h3-4,6H,5,13H2,1-2H3. The zero-order valence-corrected chi connectivity index (χ0v) is 11.0. The molecule has 0 saturated heterocycles. The minimum Gasteiger partial charge on any atom is -0.324 e. The molecule has 3 aromatic heterocycles. The molecule has 0 saturated carbocycles. The summed E-state index contributed by atoms with van der Waals surface area (Å²) < 4.78 is 1.93. The van der Waals surface area contributed by atoms with Crippen LogP contribution in [0.5, 0.6) is 0 Å². The van der Waals surface area contributed by atoms with E-state index in [0.717, 1.165) is 21.9 Å². The summed E-state index contributed by atoms with van der Waals surface area (Å²) in [5.74, 6) is 1.66. The van der Waals surface area contributed by atoms with E-state index < -0.39 is 0 Å². The van der Waals surface area contributed by atoms with Crippen molar-refractivity contribution in [2.45, 2.75) is 20.4 Å². The molecule has 2 N–H and O–H groups in total. The number of fused-ring (bicyclic) bond motifs is 1. The first-order chi connectivity index (χ1) is 8.72. The quantitative estimate of drug-likeness (QED) is 0.763. The second-order valence-electron chi connectivity index (χ2n) is 4.08. The minimum atomic E-state index is 0.390. The average Bonchev–Trinajstić information content (AvgIpc) is 2.95. The van der Waals surface area contributed by atoms with Crippen LogP contribution >= 0.6 is 11.3 Å². The first-order valence-electron chi connectivity index (χ1n) is 5.65. The highest BCUT2D eigenvalue weighted by Gasteiger charge is 2.14. The zero-order chi connectivity index (χ0) is 12.7. The molecule has 18 heavy (non-hydrogen) atoms. The number of hydrogen-bond acceptors (Lipinski definition) is 5. The lowest BCUT2D eigenvalue weighted by Crippen LogP contribution is -2.08. The average molecular weight is 259 g/mol. The molecular weight excluding hydrogens is 246 g/mol. The van der Waals surface area contributed by atoms with Crippen molar-refractivity contribution in [1.82, 2.24) is 19.5 Å². The molecule has 0 aliphatic carbocycles. The highest BCUT2D eigenvalue weighted by atomic mass is 32.1. The summed E-state index contributed by atoms with van der Waals surface area (Å²) in [5, 5.41) is 1.09. The number of imidazole rings is 1. The summed E-state index contributed by atoms with van der Waals surface area (Å²) >= 11 is 1.69. The van der Waals surface area contributed by atoms with Gasteiger partial charge >= 0.3 is 0 Å². The summed E-state index contributed by atoms with van der Waals surface area (Å²) in [7, 11) is 0. The van der Waals surface area contributed by atoms with Gasteiger partial charge in [-0.15, -0.1) is 11.3 Å². The molecule has 0 spiro atoms. The second-order valence-corrected chi connectivity index (χ2v) is 5.28. The Labute approximate surface area is 108 Å². The number of nitrogens with two attached hydrogens (primary N) is 1. The van der Waals surface area contributed by atoms with Crippen LogP contribution in [0, 0.1) is 13.8 Å². The lowest BCUT2D eigenvalue weighted by molar-refractivity contribution is 0.850. The van der Waals surface area contributed by atoms with Crippen molar-refractivity contribution >= 4 is 21.6 Å². The molecule has 0 bridgehead atoms. The van der Waals surface area contributed by atoms with Gasteiger partial charge in [0.1, 0.15) is 17.0 Å². The SMILES string of the molecule is Cc1sc2ncnc(-n3ccnc3CN)c2c1C. The van der Waals surface area contributed by atoms with E-state index in [4.69, 9.17) is 5.73 Å². The molecule has 6 heteroatoms. The molecule has 3 rings (SSSR count). The van der Waals surface area contributed by atoms with Crippen molar-refractivity contribution in [3.8, 4) is 5.82 Å². The molecular formula is C12H13N5S. The Kier molecular flexibility index (Phi) is 2.61. The molecule has 92 valence electrons. The maximum atomic E-state index is 5.70. The zero-order valence-electron chi connectivity index (χ0n) is 10.2. The van der Waals surface area contributed by atoms with Crippen molar-refractivity contribution in [2.24, 2.45) is 5.73 Å². The third-order valence-corrected chi connectivity index (χ3v) is 4.19. The van der Waals surface area contributed by atoms with Crippen molar-refractivity contribution < 1.29 is 0 Å². The topological polar surface area (TPSA) is 69.6 Å². The van der Waals surface area contributed by atoms with Crippen molar-refractivity contribution in [1.29, 1.82) is 0 Å². The van der Waals surface area contributed by atoms with Gasteiger partial charge in [0.2, 0.25) is 0 Å². The summed E-state index contributed by atoms with van der Waals surface area (Å²) in [5.41, 5.74) is 6.92. The van der Waals surface area contributed by atoms with Gasteiger partial charge in [-0.3, -0.25) is 4.57 Å². The lowest BCUT2D eigenvalue weighted by atomic mass is 10.2. The summed E-state index contributed by atoms with van der Waals surface area (Å²) in [6.07, 6.45) is 5.22. The van der Waals surface area contributed by atoms with Gasteiger partial charge < -0.3 is 5.73 Å². The molecule has 0 amide bonds. The summed E-state index contributed by atoms with van der Waals surface area (Å²) in [6, 6.07) is 0. The van der Waals surface area contributed by atoms with Crippen LogP contribution < -0.4 is 5.73 Å². The summed E-state index contributed by atoms with van der Waals surface area (Å²) in [6.45, 7) is 4.59. The fourth-order valence-corrected chi connectivity index (χ4v) is 3.02. The monoisotopic (exact) mass is 259 g/mol.